The molecule has 316 valence electrons. The maximum absolute atomic E-state index is 14.7. The van der Waals surface area contributed by atoms with E-state index in [2.05, 4.69) is 21.3 Å². The topological polar surface area (TPSA) is 215 Å². The molecule has 1 heterocycles. The van der Waals surface area contributed by atoms with Gasteiger partial charge in [0.05, 0.1) is 31.4 Å². The Balaban J connectivity index is 1.51. The molecular formula is C41H54F2N6O9. The molecule has 1 saturated carbocycles. The molecule has 5 unspecified atom stereocenters. The zero-order chi connectivity index (χ0) is 42.7. The second-order valence-electron chi connectivity index (χ2n) is 15.6. The summed E-state index contributed by atoms with van der Waals surface area (Å²) in [5.41, 5.74) is 4.32. The highest BCUT2D eigenvalue weighted by molar-refractivity contribution is 6.38. The Bertz CT molecular complexity index is 1830. The minimum absolute atomic E-state index is 0.00976. The Morgan fingerprint density at radius 1 is 0.931 bits per heavy atom. The lowest BCUT2D eigenvalue weighted by atomic mass is 9.83. The van der Waals surface area contributed by atoms with E-state index < -0.39 is 107 Å². The SMILES string of the molecule is CCCC(NC(=O)C1CC(OC(C)(C)C)CN1C(=O)C(NC(=O)c1c(F)cccc1F)C1CCCCC1)C(=O)C(=O)NCC(=O)NC(C(N)=O)c1cccc(OC)c1. The lowest BCUT2D eigenvalue weighted by Crippen LogP contribution is -2.58. The summed E-state index contributed by atoms with van der Waals surface area (Å²) in [4.78, 5) is 94.7. The number of carbonyl (C=O) groups is 7. The van der Waals surface area contributed by atoms with Crippen LogP contribution >= 0.6 is 0 Å². The maximum atomic E-state index is 14.7. The predicted molar refractivity (Wildman–Crippen MR) is 207 cm³/mol. The molecule has 0 radical (unpaired) electrons. The van der Waals surface area contributed by atoms with Gasteiger partial charge in [0, 0.05) is 13.0 Å². The molecule has 2 aliphatic rings. The number of methoxy groups -OCH3 is 1. The van der Waals surface area contributed by atoms with E-state index in [1.807, 2.05) is 20.8 Å². The summed E-state index contributed by atoms with van der Waals surface area (Å²) >= 11 is 0. The van der Waals surface area contributed by atoms with Crippen LogP contribution in [-0.4, -0.2) is 96.2 Å². The lowest BCUT2D eigenvalue weighted by Gasteiger charge is -2.35. The monoisotopic (exact) mass is 812 g/mol. The first-order valence-electron chi connectivity index (χ1n) is 19.5. The van der Waals surface area contributed by atoms with Crippen molar-refractivity contribution in [2.75, 3.05) is 20.2 Å². The van der Waals surface area contributed by atoms with Crippen LogP contribution in [-0.2, 0) is 33.5 Å². The number of likely N-dealkylation sites (tertiary alicyclic amines) is 1. The van der Waals surface area contributed by atoms with Crippen LogP contribution in [0.3, 0.4) is 0 Å². The van der Waals surface area contributed by atoms with Gasteiger partial charge in [0.2, 0.25) is 29.4 Å². The largest absolute Gasteiger partial charge is 0.497 e. The number of hydrogen-bond acceptors (Lipinski definition) is 9. The average Bonchev–Trinajstić information content (AvgIpc) is 3.60. The van der Waals surface area contributed by atoms with Gasteiger partial charge in [0.1, 0.15) is 41.1 Å². The minimum atomic E-state index is -1.35. The minimum Gasteiger partial charge on any atom is -0.497 e. The zero-order valence-electron chi connectivity index (χ0n) is 33.5. The molecule has 1 saturated heterocycles. The number of ether oxygens (including phenoxy) is 2. The van der Waals surface area contributed by atoms with Crippen molar-refractivity contribution in [3.63, 3.8) is 0 Å². The Kier molecular flexibility index (Phi) is 15.8. The van der Waals surface area contributed by atoms with Crippen LogP contribution in [0.5, 0.6) is 5.75 Å². The van der Waals surface area contributed by atoms with Crippen LogP contribution < -0.4 is 31.7 Å². The molecule has 6 amide bonds. The second-order valence-corrected chi connectivity index (χ2v) is 15.6. The molecule has 17 heteroatoms. The highest BCUT2D eigenvalue weighted by atomic mass is 19.1. The van der Waals surface area contributed by atoms with E-state index >= 15 is 0 Å². The summed E-state index contributed by atoms with van der Waals surface area (Å²) in [6.07, 6.45) is 3.28. The van der Waals surface area contributed by atoms with Crippen molar-refractivity contribution in [1.82, 2.24) is 26.2 Å². The number of nitrogens with one attached hydrogen (secondary N) is 4. The number of halogens is 2. The van der Waals surface area contributed by atoms with Crippen LogP contribution in [0, 0.1) is 17.6 Å². The number of nitrogens with two attached hydrogens (primary N) is 1. The van der Waals surface area contributed by atoms with Gasteiger partial charge in [0.15, 0.2) is 0 Å². The summed E-state index contributed by atoms with van der Waals surface area (Å²) in [5, 5.41) is 9.84. The van der Waals surface area contributed by atoms with Crippen molar-refractivity contribution in [2.45, 2.75) is 115 Å². The van der Waals surface area contributed by atoms with Crippen LogP contribution in [0.1, 0.15) is 101 Å². The smallest absolute Gasteiger partial charge is 0.290 e. The Morgan fingerprint density at radius 3 is 2.19 bits per heavy atom. The number of nitrogens with zero attached hydrogens (tertiary/aromatic N) is 1. The third kappa shape index (κ3) is 12.0. The molecule has 4 rings (SSSR count). The van der Waals surface area contributed by atoms with E-state index in [0.717, 1.165) is 37.5 Å². The number of benzene rings is 2. The second kappa shape index (κ2) is 20.3. The van der Waals surface area contributed by atoms with Crippen LogP contribution in [0.25, 0.3) is 0 Å². The van der Waals surface area contributed by atoms with Gasteiger partial charge in [-0.15, -0.1) is 0 Å². The van der Waals surface area contributed by atoms with Crippen molar-refractivity contribution in [3.05, 3.63) is 65.2 Å². The number of ketones is 1. The van der Waals surface area contributed by atoms with Gasteiger partial charge in [0.25, 0.3) is 11.8 Å². The van der Waals surface area contributed by atoms with E-state index in [1.54, 1.807) is 25.1 Å². The van der Waals surface area contributed by atoms with E-state index in [9.17, 15) is 42.3 Å². The molecule has 2 aromatic rings. The number of carbonyl (C=O) groups excluding carboxylic acids is 7. The van der Waals surface area contributed by atoms with Gasteiger partial charge in [-0.25, -0.2) is 8.78 Å². The molecule has 2 aromatic carbocycles. The Morgan fingerprint density at radius 2 is 1.59 bits per heavy atom. The van der Waals surface area contributed by atoms with E-state index in [-0.39, 0.29) is 19.4 Å². The number of amides is 6. The standard InChI is InChI=1S/C41H54F2N6O9/c1-6-12-29(35(51)39(55)45-21-31(50)47-33(36(44)52)24-15-10-16-25(19-24)57-5)46-37(53)30-20-26(58-41(2,3)4)22-49(30)40(56)34(23-13-8-7-9-14-23)48-38(54)32-27(42)17-11-18-28(32)43/h10-11,15-19,23,26,29-30,33-34H,6-9,12-14,20-22H2,1-5H3,(H2,44,52)(H,45,55)(H,46,53)(H,47,50)(H,48,54). The molecule has 15 nitrogen and oxygen atoms in total. The molecule has 0 spiro atoms. The molecule has 58 heavy (non-hydrogen) atoms. The zero-order valence-corrected chi connectivity index (χ0v) is 33.5. The first-order valence-corrected chi connectivity index (χ1v) is 19.5. The number of Topliss-reactive ketones (excluding diaryl/α,β-unsaturated/α-hetero) is 1. The normalized spacial score (nSPS) is 18.6. The predicted octanol–water partition coefficient (Wildman–Crippen LogP) is 2.75. The summed E-state index contributed by atoms with van der Waals surface area (Å²) in [6, 6.07) is 4.22. The lowest BCUT2D eigenvalue weighted by molar-refractivity contribution is -0.143. The first-order chi connectivity index (χ1) is 27.4. The van der Waals surface area contributed by atoms with E-state index in [1.165, 1.54) is 18.1 Å². The molecule has 5 atom stereocenters. The molecule has 0 aromatic heterocycles. The quantitative estimate of drug-likeness (QED) is 0.148. The van der Waals surface area contributed by atoms with Crippen LogP contribution in [0.15, 0.2) is 42.5 Å². The van der Waals surface area contributed by atoms with Gasteiger partial charge in [-0.1, -0.05) is 50.8 Å². The van der Waals surface area contributed by atoms with Crippen molar-refractivity contribution in [2.24, 2.45) is 11.7 Å². The van der Waals surface area contributed by atoms with Crippen molar-refractivity contribution in [3.8, 4) is 5.75 Å². The fraction of sp³-hybridized carbons (Fsp3) is 0.537. The highest BCUT2D eigenvalue weighted by Crippen LogP contribution is 2.31. The molecule has 1 aliphatic carbocycles. The Hall–Kier alpha value is -5.45. The van der Waals surface area contributed by atoms with Crippen molar-refractivity contribution >= 4 is 41.2 Å². The summed E-state index contributed by atoms with van der Waals surface area (Å²) in [5.74, 6) is -8.63. The summed E-state index contributed by atoms with van der Waals surface area (Å²) < 4.78 is 40.7. The third-order valence-electron chi connectivity index (χ3n) is 10.1. The van der Waals surface area contributed by atoms with Crippen LogP contribution in [0.2, 0.25) is 0 Å². The van der Waals surface area contributed by atoms with Gasteiger partial charge in [-0.05, 0) is 75.8 Å². The van der Waals surface area contributed by atoms with Gasteiger partial charge >= 0.3 is 0 Å². The summed E-state index contributed by atoms with van der Waals surface area (Å²) in [6.45, 7) is 6.39. The van der Waals surface area contributed by atoms with Crippen molar-refractivity contribution in [1.29, 1.82) is 0 Å². The molecule has 0 bridgehead atoms. The van der Waals surface area contributed by atoms with Crippen LogP contribution in [0.4, 0.5) is 8.78 Å². The van der Waals surface area contributed by atoms with Gasteiger partial charge in [-0.2, -0.15) is 0 Å². The fourth-order valence-electron chi connectivity index (χ4n) is 7.41. The Labute approximate surface area is 336 Å². The van der Waals surface area contributed by atoms with Gasteiger partial charge < -0.3 is 41.4 Å². The number of hydrogen-bond donors (Lipinski definition) is 5. The maximum Gasteiger partial charge on any atom is 0.290 e. The molecular weight excluding hydrogens is 758 g/mol. The van der Waals surface area contributed by atoms with E-state index in [0.29, 0.717) is 30.6 Å². The number of primary amides is 1. The fourth-order valence-corrected chi connectivity index (χ4v) is 7.41. The number of rotatable bonds is 17. The van der Waals surface area contributed by atoms with E-state index in [4.69, 9.17) is 15.2 Å². The highest BCUT2D eigenvalue weighted by Gasteiger charge is 2.46. The average molecular weight is 813 g/mol. The van der Waals surface area contributed by atoms with Gasteiger partial charge in [-0.3, -0.25) is 33.6 Å². The van der Waals surface area contributed by atoms with Crippen molar-refractivity contribution < 1.29 is 51.8 Å². The molecule has 6 N–H and O–H groups in total. The molecule has 2 fully saturated rings. The summed E-state index contributed by atoms with van der Waals surface area (Å²) in [7, 11) is 1.43. The molecule has 1 aliphatic heterocycles. The third-order valence-corrected chi connectivity index (χ3v) is 10.1. The first kappa shape index (κ1) is 45.3.